The fraction of sp³-hybridized carbons (Fsp3) is 0.417. The number of hydrogen-bond donors (Lipinski definition) is 2. The van der Waals surface area contributed by atoms with Gasteiger partial charge in [0.15, 0.2) is 0 Å². The summed E-state index contributed by atoms with van der Waals surface area (Å²) in [5.74, 6) is 0.242. The topological polar surface area (TPSA) is 94.1 Å². The van der Waals surface area contributed by atoms with Gasteiger partial charge in [-0.1, -0.05) is 42.5 Å². The number of sulfonamides is 1. The van der Waals surface area contributed by atoms with Gasteiger partial charge in [-0.25, -0.2) is 8.42 Å². The number of rotatable bonds is 9. The van der Waals surface area contributed by atoms with Crippen LogP contribution in [0.15, 0.2) is 64.5 Å². The van der Waals surface area contributed by atoms with Gasteiger partial charge in [0.05, 0.1) is 11.4 Å². The number of carbonyl (C=O) groups is 1. The Morgan fingerprint density at radius 2 is 1.67 bits per heavy atom. The molecule has 0 atom stereocenters. The first-order valence-electron chi connectivity index (χ1n) is 11.4. The van der Waals surface area contributed by atoms with E-state index in [0.717, 1.165) is 45.7 Å². The molecule has 1 fully saturated rings. The van der Waals surface area contributed by atoms with Crippen LogP contribution in [-0.4, -0.2) is 75.8 Å². The van der Waals surface area contributed by atoms with Crippen LogP contribution in [0.4, 0.5) is 0 Å². The van der Waals surface area contributed by atoms with Crippen molar-refractivity contribution in [2.24, 2.45) is 4.99 Å². The largest absolute Gasteiger partial charge is 0.356 e. The number of benzene rings is 2. The van der Waals surface area contributed by atoms with Gasteiger partial charge in [-0.05, 0) is 30.7 Å². The lowest BCUT2D eigenvalue weighted by Crippen LogP contribution is -2.46. The first kappa shape index (κ1) is 23.4. The van der Waals surface area contributed by atoms with E-state index in [-0.39, 0.29) is 23.8 Å². The maximum atomic E-state index is 12.1. The molecule has 2 N–H and O–H groups in total. The van der Waals surface area contributed by atoms with Crippen molar-refractivity contribution in [3.05, 3.63) is 65.7 Å². The molecule has 0 unspecified atom stereocenters. The van der Waals surface area contributed by atoms with Gasteiger partial charge in [-0.3, -0.25) is 19.4 Å². The Labute approximate surface area is 195 Å². The second-order valence-electron chi connectivity index (χ2n) is 8.39. The third-order valence-electron chi connectivity index (χ3n) is 5.96. The first-order valence-corrected chi connectivity index (χ1v) is 12.9. The number of amides is 1. The summed E-state index contributed by atoms with van der Waals surface area (Å²) in [6.45, 7) is 7.08. The SMILES string of the molecule is O=C(CCN=C1NS(=O)(=O)c2ccccc21)NCCCN1CCN(Cc2ccccc2)CC1. The lowest BCUT2D eigenvalue weighted by atomic mass is 10.2. The molecule has 0 spiro atoms. The third-order valence-corrected chi connectivity index (χ3v) is 7.36. The van der Waals surface area contributed by atoms with E-state index in [2.05, 4.69) is 49.1 Å². The van der Waals surface area contributed by atoms with Crippen LogP contribution >= 0.6 is 0 Å². The van der Waals surface area contributed by atoms with E-state index in [4.69, 9.17) is 0 Å². The predicted octanol–water partition coefficient (Wildman–Crippen LogP) is 1.44. The number of hydrogen-bond acceptors (Lipinski definition) is 6. The molecular formula is C24H31N5O3S. The molecule has 2 aromatic carbocycles. The van der Waals surface area contributed by atoms with Gasteiger partial charge in [0.25, 0.3) is 10.0 Å². The third kappa shape index (κ3) is 6.40. The van der Waals surface area contributed by atoms with Gasteiger partial charge < -0.3 is 10.2 Å². The highest BCUT2D eigenvalue weighted by Crippen LogP contribution is 2.22. The van der Waals surface area contributed by atoms with Crippen molar-refractivity contribution < 1.29 is 13.2 Å². The molecule has 0 aromatic heterocycles. The van der Waals surface area contributed by atoms with Gasteiger partial charge >= 0.3 is 0 Å². The van der Waals surface area contributed by atoms with E-state index in [1.54, 1.807) is 24.3 Å². The first-order chi connectivity index (χ1) is 16.0. The number of piperazine rings is 1. The van der Waals surface area contributed by atoms with Gasteiger partial charge in [0.2, 0.25) is 5.91 Å². The number of fused-ring (bicyclic) bond motifs is 1. The lowest BCUT2D eigenvalue weighted by molar-refractivity contribution is -0.120. The summed E-state index contributed by atoms with van der Waals surface area (Å²) in [4.78, 5) is 21.6. The predicted molar refractivity (Wildman–Crippen MR) is 129 cm³/mol. The van der Waals surface area contributed by atoms with E-state index in [1.807, 2.05) is 6.07 Å². The summed E-state index contributed by atoms with van der Waals surface area (Å²) >= 11 is 0. The number of aliphatic imine (C=N–C) groups is 1. The maximum absolute atomic E-state index is 12.1. The van der Waals surface area contributed by atoms with E-state index in [9.17, 15) is 13.2 Å². The zero-order valence-electron chi connectivity index (χ0n) is 18.7. The molecule has 8 nitrogen and oxygen atoms in total. The van der Waals surface area contributed by atoms with Gasteiger partial charge in [-0.15, -0.1) is 0 Å². The summed E-state index contributed by atoms with van der Waals surface area (Å²) in [6.07, 6.45) is 1.14. The summed E-state index contributed by atoms with van der Waals surface area (Å²) in [6, 6.07) is 17.3. The molecule has 33 heavy (non-hydrogen) atoms. The monoisotopic (exact) mass is 469 g/mol. The molecule has 1 amide bonds. The molecule has 0 bridgehead atoms. The Hall–Kier alpha value is -2.75. The summed E-state index contributed by atoms with van der Waals surface area (Å²) in [5, 5.41) is 2.94. The van der Waals surface area contributed by atoms with Crippen molar-refractivity contribution in [1.29, 1.82) is 0 Å². The van der Waals surface area contributed by atoms with Crippen molar-refractivity contribution in [3.63, 3.8) is 0 Å². The average Bonchev–Trinajstić information content (AvgIpc) is 3.09. The highest BCUT2D eigenvalue weighted by Gasteiger charge is 2.29. The molecule has 0 radical (unpaired) electrons. The number of amidine groups is 1. The fourth-order valence-electron chi connectivity index (χ4n) is 4.15. The Balaban J connectivity index is 1.10. The molecule has 0 saturated carbocycles. The van der Waals surface area contributed by atoms with Crippen LogP contribution < -0.4 is 10.0 Å². The zero-order valence-corrected chi connectivity index (χ0v) is 19.6. The molecule has 2 heterocycles. The van der Waals surface area contributed by atoms with Crippen molar-refractivity contribution in [2.75, 3.05) is 45.8 Å². The highest BCUT2D eigenvalue weighted by atomic mass is 32.2. The number of nitrogens with one attached hydrogen (secondary N) is 2. The number of nitrogens with zero attached hydrogens (tertiary/aromatic N) is 3. The normalized spacial score (nSPS) is 19.2. The van der Waals surface area contributed by atoms with E-state index < -0.39 is 10.0 Å². The van der Waals surface area contributed by atoms with E-state index in [0.29, 0.717) is 17.9 Å². The second kappa shape index (κ2) is 10.9. The molecule has 2 aliphatic rings. The van der Waals surface area contributed by atoms with Gasteiger partial charge in [-0.2, -0.15) is 0 Å². The molecule has 0 aliphatic carbocycles. The smallest absolute Gasteiger partial charge is 0.263 e. The molecule has 2 aromatic rings. The van der Waals surface area contributed by atoms with Crippen LogP contribution in [-0.2, 0) is 21.4 Å². The minimum absolute atomic E-state index is 0.0684. The van der Waals surface area contributed by atoms with E-state index in [1.165, 1.54) is 5.56 Å². The van der Waals surface area contributed by atoms with Crippen LogP contribution in [0.1, 0.15) is 24.0 Å². The zero-order chi connectivity index (χ0) is 23.1. The number of carbonyl (C=O) groups excluding carboxylic acids is 1. The fourth-order valence-corrected chi connectivity index (χ4v) is 5.40. The van der Waals surface area contributed by atoms with Crippen LogP contribution in [0.2, 0.25) is 0 Å². The van der Waals surface area contributed by atoms with Crippen molar-refractivity contribution in [1.82, 2.24) is 19.8 Å². The maximum Gasteiger partial charge on any atom is 0.263 e. The molecule has 1 saturated heterocycles. The summed E-state index contributed by atoms with van der Waals surface area (Å²) in [7, 11) is -3.54. The quantitative estimate of drug-likeness (QED) is 0.542. The van der Waals surface area contributed by atoms with E-state index >= 15 is 0 Å². The Morgan fingerprint density at radius 3 is 2.45 bits per heavy atom. The molecule has 2 aliphatic heterocycles. The van der Waals surface area contributed by atoms with Crippen LogP contribution in [0.25, 0.3) is 0 Å². The minimum atomic E-state index is -3.54. The van der Waals surface area contributed by atoms with Crippen molar-refractivity contribution >= 4 is 21.8 Å². The van der Waals surface area contributed by atoms with Gasteiger partial charge in [0, 0.05) is 51.3 Å². The summed E-state index contributed by atoms with van der Waals surface area (Å²) < 4.78 is 26.6. The van der Waals surface area contributed by atoms with Crippen LogP contribution in [0.3, 0.4) is 0 Å². The van der Waals surface area contributed by atoms with Gasteiger partial charge in [0.1, 0.15) is 5.84 Å². The standard InChI is InChI=1S/C24H31N5O3S/c30-23(11-13-26-24-21-9-4-5-10-22(21)33(31,32)27-24)25-12-6-14-28-15-17-29(18-16-28)19-20-7-2-1-3-8-20/h1-5,7-10H,6,11-19H2,(H,25,30)(H,26,27). The second-order valence-corrected chi connectivity index (χ2v) is 10.0. The Bertz CT molecular complexity index is 1080. The Morgan fingerprint density at radius 1 is 0.970 bits per heavy atom. The molecular weight excluding hydrogens is 438 g/mol. The van der Waals surface area contributed by atoms with Crippen molar-refractivity contribution in [2.45, 2.75) is 24.3 Å². The van der Waals surface area contributed by atoms with Crippen LogP contribution in [0.5, 0.6) is 0 Å². The molecule has 176 valence electrons. The lowest BCUT2D eigenvalue weighted by Gasteiger charge is -2.34. The van der Waals surface area contributed by atoms with Crippen LogP contribution in [0, 0.1) is 0 Å². The average molecular weight is 470 g/mol. The minimum Gasteiger partial charge on any atom is -0.356 e. The summed E-state index contributed by atoms with van der Waals surface area (Å²) in [5.41, 5.74) is 1.91. The Kier molecular flexibility index (Phi) is 7.74. The molecule has 4 rings (SSSR count). The van der Waals surface area contributed by atoms with Crippen molar-refractivity contribution in [3.8, 4) is 0 Å². The molecule has 9 heteroatoms. The highest BCUT2D eigenvalue weighted by molar-refractivity contribution is 7.90.